The van der Waals surface area contributed by atoms with Gasteiger partial charge in [-0.25, -0.2) is 9.78 Å². The Morgan fingerprint density at radius 3 is 2.50 bits per heavy atom. The summed E-state index contributed by atoms with van der Waals surface area (Å²) in [6, 6.07) is 22.6. The number of fused-ring (bicyclic) bond motifs is 2. The topological polar surface area (TPSA) is 97.0 Å². The largest absolute Gasteiger partial charge is 0.449 e. The van der Waals surface area contributed by atoms with Gasteiger partial charge in [-0.3, -0.25) is 9.78 Å². The highest BCUT2D eigenvalue weighted by molar-refractivity contribution is 6.04. The lowest BCUT2D eigenvalue weighted by Gasteiger charge is -2.17. The van der Waals surface area contributed by atoms with Crippen LogP contribution in [0.4, 0.5) is 5.69 Å². The minimum absolute atomic E-state index is 0.337. The fourth-order valence-electron chi connectivity index (χ4n) is 4.13. The monoisotopic (exact) mass is 478 g/mol. The van der Waals surface area contributed by atoms with Crippen LogP contribution < -0.4 is 5.32 Å². The number of carbonyl (C=O) groups excluding carboxylic acids is 2. The highest BCUT2D eigenvalue weighted by Gasteiger charge is 2.23. The number of aromatic nitrogens is 3. The summed E-state index contributed by atoms with van der Waals surface area (Å²) in [5, 5.41) is 3.74. The molecule has 2 N–H and O–H groups in total. The number of hydrogen-bond donors (Lipinski definition) is 2. The van der Waals surface area contributed by atoms with Crippen LogP contribution in [0.3, 0.4) is 0 Å². The first-order chi connectivity index (χ1) is 17.4. The number of aromatic amines is 1. The average molecular weight is 479 g/mol. The average Bonchev–Trinajstić information content (AvgIpc) is 3.31. The first-order valence-corrected chi connectivity index (χ1v) is 11.9. The van der Waals surface area contributed by atoms with Crippen molar-refractivity contribution in [2.75, 3.05) is 5.32 Å². The summed E-state index contributed by atoms with van der Waals surface area (Å²) in [7, 11) is 0. The van der Waals surface area contributed by atoms with Gasteiger partial charge >= 0.3 is 5.97 Å². The molecule has 0 aliphatic rings. The molecule has 5 aromatic rings. The van der Waals surface area contributed by atoms with Crippen molar-refractivity contribution < 1.29 is 14.3 Å². The number of aryl methyl sites for hydroxylation is 2. The van der Waals surface area contributed by atoms with E-state index in [-0.39, 0.29) is 5.91 Å². The third-order valence-electron chi connectivity index (χ3n) is 6.06. The molecule has 1 amide bonds. The van der Waals surface area contributed by atoms with Crippen LogP contribution in [0.25, 0.3) is 33.3 Å². The molecule has 3 aromatic carbocycles. The van der Waals surface area contributed by atoms with E-state index in [2.05, 4.69) is 20.3 Å². The number of nitrogens with zero attached hydrogens (tertiary/aromatic N) is 2. The lowest BCUT2D eigenvalue weighted by Crippen LogP contribution is -2.32. The zero-order chi connectivity index (χ0) is 25.2. The Morgan fingerprint density at radius 2 is 1.72 bits per heavy atom. The van der Waals surface area contributed by atoms with Gasteiger partial charge in [-0.2, -0.15) is 0 Å². The van der Waals surface area contributed by atoms with Gasteiger partial charge in [0, 0.05) is 16.6 Å². The molecule has 0 saturated heterocycles. The second-order valence-electron chi connectivity index (χ2n) is 8.80. The lowest BCUT2D eigenvalue weighted by molar-refractivity contribution is -0.124. The molecule has 2 aromatic heterocycles. The SMILES string of the molecule is CCC(OC(=O)c1ccc2nc(-c3ccc(C)cc3)[nH]c2c1)C(=O)Nc1cc(C)nc2ccccc12. The number of pyridine rings is 1. The fourth-order valence-corrected chi connectivity index (χ4v) is 4.13. The van der Waals surface area contributed by atoms with Gasteiger partial charge in [-0.1, -0.05) is 55.0 Å². The van der Waals surface area contributed by atoms with Gasteiger partial charge in [0.25, 0.3) is 5.91 Å². The van der Waals surface area contributed by atoms with Crippen LogP contribution in [0.15, 0.2) is 72.8 Å². The van der Waals surface area contributed by atoms with E-state index in [9.17, 15) is 9.59 Å². The number of H-pyrrole nitrogens is 1. The minimum atomic E-state index is -0.940. The van der Waals surface area contributed by atoms with Crippen molar-refractivity contribution in [3.05, 3.63) is 89.6 Å². The van der Waals surface area contributed by atoms with E-state index < -0.39 is 12.1 Å². The summed E-state index contributed by atoms with van der Waals surface area (Å²) in [4.78, 5) is 38.4. The molecule has 0 spiro atoms. The summed E-state index contributed by atoms with van der Waals surface area (Å²) < 4.78 is 5.61. The predicted octanol–water partition coefficient (Wildman–Crippen LogP) is 5.97. The summed E-state index contributed by atoms with van der Waals surface area (Å²) in [6.07, 6.45) is -0.603. The smallest absolute Gasteiger partial charge is 0.338 e. The molecule has 1 unspecified atom stereocenters. The maximum atomic E-state index is 13.0. The van der Waals surface area contributed by atoms with Crippen LogP contribution in [-0.4, -0.2) is 32.9 Å². The Labute approximate surface area is 208 Å². The van der Waals surface area contributed by atoms with Crippen molar-refractivity contribution in [1.29, 1.82) is 0 Å². The van der Waals surface area contributed by atoms with E-state index >= 15 is 0 Å². The molecule has 0 radical (unpaired) electrons. The highest BCUT2D eigenvalue weighted by atomic mass is 16.5. The van der Waals surface area contributed by atoms with Crippen LogP contribution in [0, 0.1) is 13.8 Å². The molecule has 0 aliphatic heterocycles. The van der Waals surface area contributed by atoms with E-state index in [1.807, 2.05) is 68.4 Å². The molecule has 7 nitrogen and oxygen atoms in total. The quantitative estimate of drug-likeness (QED) is 0.293. The third kappa shape index (κ3) is 4.68. The number of rotatable bonds is 6. The van der Waals surface area contributed by atoms with Crippen molar-refractivity contribution in [3.8, 4) is 11.4 Å². The van der Waals surface area contributed by atoms with Gasteiger partial charge in [-0.15, -0.1) is 0 Å². The fraction of sp³-hybridized carbons (Fsp3) is 0.172. The van der Waals surface area contributed by atoms with E-state index in [0.717, 1.165) is 39.0 Å². The maximum Gasteiger partial charge on any atom is 0.338 e. The van der Waals surface area contributed by atoms with Crippen molar-refractivity contribution >= 4 is 39.5 Å². The molecular weight excluding hydrogens is 452 g/mol. The van der Waals surface area contributed by atoms with Crippen molar-refractivity contribution in [3.63, 3.8) is 0 Å². The van der Waals surface area contributed by atoms with Crippen LogP contribution >= 0.6 is 0 Å². The number of amides is 1. The van der Waals surface area contributed by atoms with Crippen LogP contribution in [0.2, 0.25) is 0 Å². The van der Waals surface area contributed by atoms with Crippen molar-refractivity contribution in [1.82, 2.24) is 15.0 Å². The Kier molecular flexibility index (Phi) is 6.21. The lowest BCUT2D eigenvalue weighted by atomic mass is 10.1. The Morgan fingerprint density at radius 1 is 0.944 bits per heavy atom. The van der Waals surface area contributed by atoms with E-state index in [4.69, 9.17) is 4.74 Å². The number of para-hydroxylation sites is 1. The minimum Gasteiger partial charge on any atom is -0.449 e. The van der Waals surface area contributed by atoms with Crippen LogP contribution in [-0.2, 0) is 9.53 Å². The normalized spacial score (nSPS) is 12.0. The van der Waals surface area contributed by atoms with Crippen molar-refractivity contribution in [2.45, 2.75) is 33.3 Å². The molecular formula is C29H26N4O3. The number of carbonyl (C=O) groups is 2. The molecule has 2 heterocycles. The zero-order valence-electron chi connectivity index (χ0n) is 20.3. The van der Waals surface area contributed by atoms with Crippen molar-refractivity contribution in [2.24, 2.45) is 0 Å². The standard InChI is InChI=1S/C29H26N4O3/c1-4-26(28(34)33-24-15-18(3)30-22-8-6-5-7-21(22)24)36-29(35)20-13-14-23-25(16-20)32-27(31-23)19-11-9-17(2)10-12-19/h5-16,26H,4H2,1-3H3,(H,31,32)(H,30,33,34). The number of esters is 1. The number of ether oxygens (including phenoxy) is 1. The van der Waals surface area contributed by atoms with Crippen LogP contribution in [0.5, 0.6) is 0 Å². The van der Waals surface area contributed by atoms with Crippen LogP contribution in [0.1, 0.15) is 35.0 Å². The molecule has 1 atom stereocenters. The molecule has 0 aliphatic carbocycles. The summed E-state index contributed by atoms with van der Waals surface area (Å²) >= 11 is 0. The molecule has 7 heteroatoms. The van der Waals surface area contributed by atoms with Gasteiger partial charge in [-0.05, 0) is 50.6 Å². The summed E-state index contributed by atoms with van der Waals surface area (Å²) in [6.45, 7) is 5.71. The first-order valence-electron chi connectivity index (χ1n) is 11.9. The van der Waals surface area contributed by atoms with Gasteiger partial charge in [0.05, 0.1) is 27.8 Å². The number of nitrogens with one attached hydrogen (secondary N) is 2. The Bertz CT molecular complexity index is 1590. The van der Waals surface area contributed by atoms with Gasteiger partial charge < -0.3 is 15.0 Å². The number of hydrogen-bond acceptors (Lipinski definition) is 5. The second-order valence-corrected chi connectivity index (χ2v) is 8.80. The first kappa shape index (κ1) is 23.2. The predicted molar refractivity (Wildman–Crippen MR) is 141 cm³/mol. The molecule has 5 rings (SSSR count). The van der Waals surface area contributed by atoms with E-state index in [1.165, 1.54) is 5.56 Å². The van der Waals surface area contributed by atoms with E-state index in [1.54, 1.807) is 25.1 Å². The third-order valence-corrected chi connectivity index (χ3v) is 6.06. The molecule has 36 heavy (non-hydrogen) atoms. The highest BCUT2D eigenvalue weighted by Crippen LogP contribution is 2.25. The molecule has 0 bridgehead atoms. The van der Waals surface area contributed by atoms with Gasteiger partial charge in [0.15, 0.2) is 6.10 Å². The van der Waals surface area contributed by atoms with Gasteiger partial charge in [0.2, 0.25) is 0 Å². The molecule has 180 valence electrons. The molecule has 0 saturated carbocycles. The summed E-state index contributed by atoms with van der Waals surface area (Å²) in [5.41, 5.74) is 6.15. The number of imidazole rings is 1. The Balaban J connectivity index is 1.34. The number of anilines is 1. The Hall–Kier alpha value is -4.52. The zero-order valence-corrected chi connectivity index (χ0v) is 20.3. The van der Waals surface area contributed by atoms with Gasteiger partial charge in [0.1, 0.15) is 5.82 Å². The second kappa shape index (κ2) is 9.62. The number of benzene rings is 3. The summed E-state index contributed by atoms with van der Waals surface area (Å²) in [5.74, 6) is -0.228. The van der Waals surface area contributed by atoms with E-state index in [0.29, 0.717) is 17.7 Å². The maximum absolute atomic E-state index is 13.0. The molecule has 0 fully saturated rings.